The van der Waals surface area contributed by atoms with Gasteiger partial charge in [0, 0.05) is 11.8 Å². The van der Waals surface area contributed by atoms with E-state index in [1.807, 2.05) is 32.1 Å². The molecule has 1 aliphatic heterocycles. The van der Waals surface area contributed by atoms with Gasteiger partial charge in [0.05, 0.1) is 12.2 Å². The van der Waals surface area contributed by atoms with Gasteiger partial charge in [0.2, 0.25) is 0 Å². The molecule has 1 fully saturated rings. The molecule has 0 aromatic heterocycles. The van der Waals surface area contributed by atoms with Crippen LogP contribution in [0.4, 0.5) is 0 Å². The summed E-state index contributed by atoms with van der Waals surface area (Å²) in [7, 11) is 0. The van der Waals surface area contributed by atoms with E-state index in [-0.39, 0.29) is 17.9 Å². The fourth-order valence-electron chi connectivity index (χ4n) is 3.51. The highest BCUT2D eigenvalue weighted by Gasteiger charge is 2.46. The van der Waals surface area contributed by atoms with Gasteiger partial charge in [0.1, 0.15) is 0 Å². The Labute approximate surface area is 172 Å². The van der Waals surface area contributed by atoms with Crippen LogP contribution in [0, 0.1) is 17.8 Å². The highest BCUT2D eigenvalue weighted by atomic mass is 16.6. The van der Waals surface area contributed by atoms with Crippen LogP contribution in [0.2, 0.25) is 0 Å². The Kier molecular flexibility index (Phi) is 10.7. The Bertz CT molecular complexity index is 583. The fourth-order valence-corrected chi connectivity index (χ4v) is 3.51. The molecule has 6 atom stereocenters. The van der Waals surface area contributed by atoms with E-state index in [0.29, 0.717) is 12.3 Å². The van der Waals surface area contributed by atoms with Crippen LogP contribution in [0.1, 0.15) is 60.3 Å². The van der Waals surface area contributed by atoms with Gasteiger partial charge in [-0.3, -0.25) is 0 Å². The number of hydrogen-bond acceptors (Lipinski definition) is 3. The summed E-state index contributed by atoms with van der Waals surface area (Å²) in [6.07, 6.45) is 19.8. The summed E-state index contributed by atoms with van der Waals surface area (Å²) in [5.74, 6) is -1.11. The first kappa shape index (κ1) is 24.6. The minimum absolute atomic E-state index is 0.00454. The van der Waals surface area contributed by atoms with Crippen molar-refractivity contribution in [1.29, 1.82) is 0 Å². The number of allylic oxidation sites excluding steroid dienone is 8. The van der Waals surface area contributed by atoms with Gasteiger partial charge in [-0.1, -0.05) is 75.0 Å². The van der Waals surface area contributed by atoms with Crippen LogP contribution in [-0.4, -0.2) is 28.2 Å². The number of aliphatic hydroxyl groups excluding tert-OH is 1. The molecule has 1 aliphatic rings. The fraction of sp³-hybridized carbons (Fsp3) is 0.600. The number of ether oxygens (including phenoxy) is 1. The van der Waals surface area contributed by atoms with Gasteiger partial charge < -0.3 is 14.9 Å². The van der Waals surface area contributed by atoms with E-state index in [1.54, 1.807) is 6.92 Å². The normalized spacial score (nSPS) is 33.2. The summed E-state index contributed by atoms with van der Waals surface area (Å²) in [6.45, 7) is 13.5. The van der Waals surface area contributed by atoms with Crippen molar-refractivity contribution in [1.82, 2.24) is 0 Å². The second-order valence-electron chi connectivity index (χ2n) is 8.39. The smallest absolute Gasteiger partial charge is 0.168 e. The average molecular weight is 389 g/mol. The van der Waals surface area contributed by atoms with E-state index in [1.165, 1.54) is 5.57 Å². The third-order valence-electron chi connectivity index (χ3n) is 5.63. The monoisotopic (exact) mass is 388 g/mol. The van der Waals surface area contributed by atoms with Gasteiger partial charge in [0.15, 0.2) is 5.79 Å². The van der Waals surface area contributed by atoms with Crippen LogP contribution in [0.3, 0.4) is 0 Å². The molecular formula is C25H40O3. The molecule has 158 valence electrons. The van der Waals surface area contributed by atoms with E-state index in [0.717, 1.165) is 19.3 Å². The molecule has 2 N–H and O–H groups in total. The third-order valence-corrected chi connectivity index (χ3v) is 5.63. The molecule has 0 aromatic carbocycles. The summed E-state index contributed by atoms with van der Waals surface area (Å²) < 4.78 is 5.81. The van der Waals surface area contributed by atoms with Gasteiger partial charge in [-0.2, -0.15) is 0 Å². The standard InChI is InChI=1S/C25H40O3/c1-7-8-9-10-12-15-19(2)18-20(3)16-13-11-14-17-23-21(4)24(26)22(5)25(6,27)28-23/h7,10-16,20-24,26-27H,1,8-9,17-18H2,2-6H3/b12-10+,14-11+,16-13+,19-15+/t20-,21+,22-,23+,24+,25+/m1/s1. The molecule has 0 spiro atoms. The topological polar surface area (TPSA) is 49.7 Å². The zero-order valence-corrected chi connectivity index (χ0v) is 18.3. The van der Waals surface area contributed by atoms with Crippen LogP contribution in [0.5, 0.6) is 0 Å². The van der Waals surface area contributed by atoms with Crippen LogP contribution in [-0.2, 0) is 4.74 Å². The number of hydrogen-bond donors (Lipinski definition) is 2. The zero-order chi connectivity index (χ0) is 21.2. The van der Waals surface area contributed by atoms with Crippen LogP contribution in [0.25, 0.3) is 0 Å². The van der Waals surface area contributed by atoms with Crippen molar-refractivity contribution in [3.05, 3.63) is 60.8 Å². The summed E-state index contributed by atoms with van der Waals surface area (Å²) in [5.41, 5.74) is 1.37. The van der Waals surface area contributed by atoms with Gasteiger partial charge in [-0.25, -0.2) is 0 Å². The van der Waals surface area contributed by atoms with Crippen molar-refractivity contribution in [2.45, 2.75) is 78.3 Å². The summed E-state index contributed by atoms with van der Waals surface area (Å²) in [4.78, 5) is 0. The maximum atomic E-state index is 10.3. The molecule has 1 saturated heterocycles. The first-order valence-corrected chi connectivity index (χ1v) is 10.5. The minimum atomic E-state index is -1.28. The van der Waals surface area contributed by atoms with Crippen molar-refractivity contribution >= 4 is 0 Å². The van der Waals surface area contributed by atoms with E-state index in [2.05, 4.69) is 50.8 Å². The lowest BCUT2D eigenvalue weighted by Crippen LogP contribution is -2.55. The van der Waals surface area contributed by atoms with Crippen molar-refractivity contribution in [3.8, 4) is 0 Å². The Morgan fingerprint density at radius 2 is 1.89 bits per heavy atom. The van der Waals surface area contributed by atoms with Gasteiger partial charge in [-0.15, -0.1) is 6.58 Å². The van der Waals surface area contributed by atoms with Crippen molar-refractivity contribution in [2.24, 2.45) is 17.8 Å². The predicted molar refractivity (Wildman–Crippen MR) is 119 cm³/mol. The Morgan fingerprint density at radius 3 is 2.57 bits per heavy atom. The molecule has 0 bridgehead atoms. The van der Waals surface area contributed by atoms with Crippen LogP contribution >= 0.6 is 0 Å². The summed E-state index contributed by atoms with van der Waals surface area (Å²) in [5, 5.41) is 20.7. The van der Waals surface area contributed by atoms with Crippen molar-refractivity contribution < 1.29 is 14.9 Å². The number of aliphatic hydroxyl groups is 2. The molecule has 0 unspecified atom stereocenters. The molecule has 0 amide bonds. The van der Waals surface area contributed by atoms with E-state index in [4.69, 9.17) is 4.74 Å². The zero-order valence-electron chi connectivity index (χ0n) is 18.3. The number of unbranched alkanes of at least 4 members (excludes halogenated alkanes) is 1. The Balaban J connectivity index is 2.43. The van der Waals surface area contributed by atoms with E-state index in [9.17, 15) is 10.2 Å². The average Bonchev–Trinajstić information content (AvgIpc) is 2.63. The third kappa shape index (κ3) is 8.30. The summed E-state index contributed by atoms with van der Waals surface area (Å²) in [6, 6.07) is 0. The molecule has 0 saturated carbocycles. The predicted octanol–water partition coefficient (Wildman–Crippen LogP) is 5.72. The Hall–Kier alpha value is -1.42. The van der Waals surface area contributed by atoms with Crippen molar-refractivity contribution in [3.63, 3.8) is 0 Å². The van der Waals surface area contributed by atoms with Gasteiger partial charge in [0.25, 0.3) is 0 Å². The molecule has 3 heteroatoms. The molecule has 0 aliphatic carbocycles. The molecule has 1 heterocycles. The van der Waals surface area contributed by atoms with Crippen LogP contribution < -0.4 is 0 Å². The van der Waals surface area contributed by atoms with E-state index >= 15 is 0 Å². The highest BCUT2D eigenvalue weighted by molar-refractivity contribution is 5.13. The maximum Gasteiger partial charge on any atom is 0.168 e. The van der Waals surface area contributed by atoms with Crippen molar-refractivity contribution in [2.75, 3.05) is 0 Å². The lowest BCUT2D eigenvalue weighted by atomic mass is 9.80. The molecule has 28 heavy (non-hydrogen) atoms. The summed E-state index contributed by atoms with van der Waals surface area (Å²) >= 11 is 0. The maximum absolute atomic E-state index is 10.3. The second-order valence-corrected chi connectivity index (χ2v) is 8.39. The minimum Gasteiger partial charge on any atom is -0.392 e. The first-order chi connectivity index (χ1) is 13.2. The number of rotatable bonds is 10. The highest BCUT2D eigenvalue weighted by Crippen LogP contribution is 2.36. The van der Waals surface area contributed by atoms with Gasteiger partial charge in [-0.05, 0) is 45.4 Å². The molecule has 3 nitrogen and oxygen atoms in total. The van der Waals surface area contributed by atoms with E-state index < -0.39 is 11.9 Å². The molecule has 0 radical (unpaired) electrons. The second kappa shape index (κ2) is 12.2. The molecule has 1 rings (SSSR count). The lowest BCUT2D eigenvalue weighted by molar-refractivity contribution is -0.306. The molecular weight excluding hydrogens is 348 g/mol. The molecule has 0 aromatic rings. The SMILES string of the molecule is C=CCC/C=C/C=C(\C)C[C@H](C)/C=C/C=C/C[C@@H]1O[C@](C)(O)[C@H](C)[C@@H](O)[C@H]1C. The lowest BCUT2D eigenvalue weighted by Gasteiger charge is -2.46. The largest absolute Gasteiger partial charge is 0.392 e. The quantitative estimate of drug-likeness (QED) is 0.286. The Morgan fingerprint density at radius 1 is 1.18 bits per heavy atom. The van der Waals surface area contributed by atoms with Gasteiger partial charge >= 0.3 is 0 Å². The first-order valence-electron chi connectivity index (χ1n) is 10.5. The van der Waals surface area contributed by atoms with Crippen LogP contribution in [0.15, 0.2) is 60.8 Å².